The molecule has 0 bridgehead atoms. The van der Waals surface area contributed by atoms with E-state index in [4.69, 9.17) is 0 Å². The van der Waals surface area contributed by atoms with Gasteiger partial charge in [-0.3, -0.25) is 0 Å². The van der Waals surface area contributed by atoms with Crippen LogP contribution in [-0.4, -0.2) is 42.8 Å². The zero-order chi connectivity index (χ0) is 19.8. The van der Waals surface area contributed by atoms with Gasteiger partial charge < -0.3 is 25.0 Å². The Hall–Kier alpha value is -2.34. The number of benzene rings is 1. The largest absolute Gasteiger partial charge is 0.545 e. The van der Waals surface area contributed by atoms with Gasteiger partial charge in [0.2, 0.25) is 0 Å². The van der Waals surface area contributed by atoms with Gasteiger partial charge in [-0.25, -0.2) is 4.39 Å². The van der Waals surface area contributed by atoms with Crippen molar-refractivity contribution in [3.8, 4) is 0 Å². The molecule has 1 fully saturated rings. The zero-order valence-electron chi connectivity index (χ0n) is 16.2. The number of dihydropyridines is 1. The Morgan fingerprint density at radius 1 is 1.30 bits per heavy atom. The molecule has 148 valence electrons. The maximum atomic E-state index is 13.4. The first kappa shape index (κ1) is 21.0. The molecule has 0 spiro atoms. The number of likely N-dealkylation sites (tertiary alicyclic amines) is 1. The van der Waals surface area contributed by atoms with Crippen LogP contribution >= 0.6 is 0 Å². The van der Waals surface area contributed by atoms with Crippen molar-refractivity contribution in [1.82, 2.24) is 5.32 Å². The molecule has 0 saturated carbocycles. The molecule has 2 heterocycles. The van der Waals surface area contributed by atoms with Crippen LogP contribution in [0.15, 0.2) is 48.7 Å². The van der Waals surface area contributed by atoms with Crippen LogP contribution in [0.25, 0.3) is 0 Å². The summed E-state index contributed by atoms with van der Waals surface area (Å²) in [4.78, 5) is 11.1. The number of nitrogens with one attached hydrogen (secondary N) is 2. The number of carbonyl (C=O) groups excluding carboxylic acids is 1. The first-order valence-corrected chi connectivity index (χ1v) is 9.60. The standard InChI is InChI=1S/C12H11FN2O2.C9H20N/c13-9-5-1-2-6-10(9)15-12(11(16)17)7-3-4-8-14-12;1-3-4-7-10(2)8-5-6-9-10/h1-8,14-15H,(H,16,17);3-9H2,1-2H3/q;+1/p-1. The molecule has 3 rings (SSSR count). The van der Waals surface area contributed by atoms with Crippen molar-refractivity contribution in [3.63, 3.8) is 0 Å². The number of nitrogens with zero attached hydrogens (tertiary/aromatic N) is 1. The van der Waals surface area contributed by atoms with Crippen molar-refractivity contribution in [2.75, 3.05) is 32.0 Å². The summed E-state index contributed by atoms with van der Waals surface area (Å²) in [5.74, 6) is -1.92. The minimum Gasteiger partial charge on any atom is -0.545 e. The number of allylic oxidation sites excluding steroid dienone is 2. The lowest BCUT2D eigenvalue weighted by Gasteiger charge is -2.35. The van der Waals surface area contributed by atoms with Gasteiger partial charge in [0.1, 0.15) is 5.82 Å². The van der Waals surface area contributed by atoms with Crippen LogP contribution in [0.3, 0.4) is 0 Å². The van der Waals surface area contributed by atoms with Gasteiger partial charge in [-0.2, -0.15) is 0 Å². The van der Waals surface area contributed by atoms with Crippen LogP contribution in [0, 0.1) is 5.82 Å². The predicted molar refractivity (Wildman–Crippen MR) is 104 cm³/mol. The number of anilines is 1. The molecule has 27 heavy (non-hydrogen) atoms. The fraction of sp³-hybridized carbons (Fsp3) is 0.476. The summed E-state index contributed by atoms with van der Waals surface area (Å²) in [7, 11) is 2.41. The lowest BCUT2D eigenvalue weighted by molar-refractivity contribution is -0.897. The van der Waals surface area contributed by atoms with Gasteiger partial charge >= 0.3 is 0 Å². The number of hydrogen-bond acceptors (Lipinski definition) is 4. The second-order valence-corrected chi connectivity index (χ2v) is 7.41. The van der Waals surface area contributed by atoms with Gasteiger partial charge in [-0.15, -0.1) is 0 Å². The van der Waals surface area contributed by atoms with Crippen LogP contribution in [0.4, 0.5) is 10.1 Å². The van der Waals surface area contributed by atoms with E-state index < -0.39 is 17.4 Å². The lowest BCUT2D eigenvalue weighted by Crippen LogP contribution is -2.61. The first-order chi connectivity index (χ1) is 12.9. The predicted octanol–water partition coefficient (Wildman–Crippen LogP) is 2.38. The SMILES string of the molecule is CCCC[N+]1(C)CCCC1.O=C([O-])C1(Nc2ccccc2F)C=CC=CN1. The topological polar surface area (TPSA) is 64.2 Å². The van der Waals surface area contributed by atoms with Crippen molar-refractivity contribution in [2.45, 2.75) is 38.3 Å². The Kier molecular flexibility index (Phi) is 7.42. The van der Waals surface area contributed by atoms with Crippen LogP contribution in [-0.2, 0) is 4.79 Å². The first-order valence-electron chi connectivity index (χ1n) is 9.60. The molecule has 1 aromatic carbocycles. The van der Waals surface area contributed by atoms with Gasteiger partial charge in [-0.1, -0.05) is 31.6 Å². The number of carbonyl (C=O) groups is 1. The Balaban J connectivity index is 0.000000223. The average Bonchev–Trinajstić information content (AvgIpc) is 3.10. The van der Waals surface area contributed by atoms with E-state index in [0.29, 0.717) is 0 Å². The van der Waals surface area contributed by atoms with Crippen LogP contribution in [0.5, 0.6) is 0 Å². The summed E-state index contributed by atoms with van der Waals surface area (Å²) in [5, 5.41) is 16.3. The Morgan fingerprint density at radius 2 is 2.00 bits per heavy atom. The van der Waals surface area contributed by atoms with E-state index in [2.05, 4.69) is 24.6 Å². The summed E-state index contributed by atoms with van der Waals surface area (Å²) in [6, 6.07) is 5.83. The van der Waals surface area contributed by atoms with E-state index in [0.717, 1.165) is 0 Å². The molecule has 1 unspecified atom stereocenters. The highest BCUT2D eigenvalue weighted by Crippen LogP contribution is 2.19. The molecule has 1 saturated heterocycles. The third-order valence-corrected chi connectivity index (χ3v) is 5.09. The van der Waals surface area contributed by atoms with Crippen LogP contribution in [0.1, 0.15) is 32.6 Å². The molecule has 2 N–H and O–H groups in total. The zero-order valence-corrected chi connectivity index (χ0v) is 16.2. The highest BCUT2D eigenvalue weighted by molar-refractivity contribution is 5.84. The van der Waals surface area contributed by atoms with E-state index in [-0.39, 0.29) is 5.69 Å². The average molecular weight is 375 g/mol. The molecule has 5 nitrogen and oxygen atoms in total. The maximum Gasteiger partial charge on any atom is 0.168 e. The minimum absolute atomic E-state index is 0.0872. The number of halogens is 1. The molecular formula is C21H30FN3O2. The van der Waals surface area contributed by atoms with Gasteiger partial charge in [0.05, 0.1) is 38.3 Å². The molecule has 1 aromatic rings. The molecule has 0 aromatic heterocycles. The Labute approximate surface area is 161 Å². The van der Waals surface area contributed by atoms with Gasteiger partial charge in [-0.05, 0) is 36.9 Å². The number of rotatable bonds is 6. The molecular weight excluding hydrogens is 345 g/mol. The van der Waals surface area contributed by atoms with Gasteiger partial charge in [0.15, 0.2) is 5.66 Å². The van der Waals surface area contributed by atoms with Crippen molar-refractivity contribution >= 4 is 11.7 Å². The normalized spacial score (nSPS) is 22.5. The van der Waals surface area contributed by atoms with E-state index in [1.54, 1.807) is 18.2 Å². The fourth-order valence-corrected chi connectivity index (χ4v) is 3.38. The third kappa shape index (κ3) is 5.82. The minimum atomic E-state index is -1.63. The number of unbranched alkanes of at least 4 members (excludes halogenated alkanes) is 1. The third-order valence-electron chi connectivity index (χ3n) is 5.09. The summed E-state index contributed by atoms with van der Waals surface area (Å²) >= 11 is 0. The number of hydrogen-bond donors (Lipinski definition) is 2. The van der Waals surface area contributed by atoms with E-state index in [1.807, 2.05) is 0 Å². The fourth-order valence-electron chi connectivity index (χ4n) is 3.38. The molecule has 2 aliphatic heterocycles. The highest BCUT2D eigenvalue weighted by Gasteiger charge is 2.29. The van der Waals surface area contributed by atoms with E-state index in [9.17, 15) is 14.3 Å². The van der Waals surface area contributed by atoms with Crippen LogP contribution < -0.4 is 15.7 Å². The molecule has 0 aliphatic carbocycles. The summed E-state index contributed by atoms with van der Waals surface area (Å²) < 4.78 is 14.8. The second-order valence-electron chi connectivity index (χ2n) is 7.41. The molecule has 1 atom stereocenters. The molecule has 6 heteroatoms. The number of quaternary nitrogens is 1. The maximum absolute atomic E-state index is 13.4. The molecule has 0 amide bonds. The van der Waals surface area contributed by atoms with E-state index >= 15 is 0 Å². The number of carboxylic acids is 1. The second kappa shape index (κ2) is 9.55. The van der Waals surface area contributed by atoms with Crippen molar-refractivity contribution in [2.24, 2.45) is 0 Å². The van der Waals surface area contributed by atoms with Crippen molar-refractivity contribution in [3.05, 3.63) is 54.5 Å². The van der Waals surface area contributed by atoms with Crippen molar-refractivity contribution in [1.29, 1.82) is 0 Å². The Bertz CT molecular complexity index is 684. The molecule has 2 aliphatic rings. The number of aliphatic carboxylic acids is 1. The molecule has 0 radical (unpaired) electrons. The lowest BCUT2D eigenvalue weighted by atomic mass is 10.1. The quantitative estimate of drug-likeness (QED) is 0.750. The van der Waals surface area contributed by atoms with Gasteiger partial charge in [0, 0.05) is 12.8 Å². The Morgan fingerprint density at radius 3 is 2.56 bits per heavy atom. The highest BCUT2D eigenvalue weighted by atomic mass is 19.1. The van der Waals surface area contributed by atoms with E-state index in [1.165, 1.54) is 80.3 Å². The summed E-state index contributed by atoms with van der Waals surface area (Å²) in [6.45, 7) is 6.55. The smallest absolute Gasteiger partial charge is 0.168 e. The monoisotopic (exact) mass is 375 g/mol. The number of carboxylic acid groups (broad SMARTS) is 1. The number of para-hydroxylation sites is 1. The van der Waals surface area contributed by atoms with Crippen LogP contribution in [0.2, 0.25) is 0 Å². The van der Waals surface area contributed by atoms with Gasteiger partial charge in [0.25, 0.3) is 0 Å². The summed E-state index contributed by atoms with van der Waals surface area (Å²) in [6.07, 6.45) is 11.7. The summed E-state index contributed by atoms with van der Waals surface area (Å²) in [5.41, 5.74) is -1.54. The van der Waals surface area contributed by atoms with Crippen molar-refractivity contribution < 1.29 is 18.8 Å².